The second kappa shape index (κ2) is 5.56. The molecule has 0 heterocycles. The van der Waals surface area contributed by atoms with E-state index in [1.165, 1.54) is 6.92 Å². The molecule has 15 heavy (non-hydrogen) atoms. The fraction of sp³-hybridized carbons (Fsp3) is 0.273. The first kappa shape index (κ1) is 11.8. The fourth-order valence-electron chi connectivity index (χ4n) is 1.17. The van der Waals surface area contributed by atoms with Crippen molar-refractivity contribution in [1.82, 2.24) is 0 Å². The largest absolute Gasteiger partial charge is 0.325 e. The third kappa shape index (κ3) is 3.75. The lowest BCUT2D eigenvalue weighted by Crippen LogP contribution is -2.15. The van der Waals surface area contributed by atoms with Gasteiger partial charge < -0.3 is 5.32 Å². The van der Waals surface area contributed by atoms with Crippen LogP contribution in [-0.2, 0) is 9.59 Å². The first-order valence-electron chi connectivity index (χ1n) is 4.56. The zero-order chi connectivity index (χ0) is 11.3. The summed E-state index contributed by atoms with van der Waals surface area (Å²) < 4.78 is 0. The smallest absolute Gasteiger partial charge is 0.231 e. The Kier molecular flexibility index (Phi) is 4.37. The second-order valence-electron chi connectivity index (χ2n) is 3.13. The van der Waals surface area contributed by atoms with E-state index < -0.39 is 0 Å². The van der Waals surface area contributed by atoms with Gasteiger partial charge in [0.05, 0.1) is 12.1 Å². The zero-order valence-electron chi connectivity index (χ0n) is 8.74. The maximum atomic E-state index is 11.3. The van der Waals surface area contributed by atoms with Gasteiger partial charge in [-0.1, -0.05) is 12.1 Å². The monoisotopic (exact) mass is 223 g/mol. The molecule has 0 aliphatic carbocycles. The number of hydrogen-bond donors (Lipinski definition) is 1. The number of ketones is 1. The van der Waals surface area contributed by atoms with Gasteiger partial charge in [-0.25, -0.2) is 0 Å². The van der Waals surface area contributed by atoms with Gasteiger partial charge in [0.2, 0.25) is 5.91 Å². The van der Waals surface area contributed by atoms with Gasteiger partial charge in [-0.05, 0) is 25.3 Å². The highest BCUT2D eigenvalue weighted by Crippen LogP contribution is 2.24. The lowest BCUT2D eigenvalue weighted by Gasteiger charge is -2.07. The first-order valence-corrected chi connectivity index (χ1v) is 5.78. The molecule has 1 amide bonds. The van der Waals surface area contributed by atoms with E-state index in [0.29, 0.717) is 0 Å². The van der Waals surface area contributed by atoms with E-state index in [4.69, 9.17) is 0 Å². The van der Waals surface area contributed by atoms with Gasteiger partial charge in [0, 0.05) is 4.90 Å². The standard InChI is InChI=1S/C11H13NO2S/c1-8(13)7-11(14)12-9-5-3-4-6-10(9)15-2/h3-6H,7H2,1-2H3,(H,12,14). The minimum Gasteiger partial charge on any atom is -0.325 e. The number of carbonyl (C=O) groups excluding carboxylic acids is 2. The average molecular weight is 223 g/mol. The van der Waals surface area contributed by atoms with Gasteiger partial charge in [-0.2, -0.15) is 0 Å². The molecule has 0 bridgehead atoms. The SMILES string of the molecule is CSc1ccccc1NC(=O)CC(C)=O. The Bertz CT molecular complexity index is 377. The van der Waals surface area contributed by atoms with Crippen molar-refractivity contribution < 1.29 is 9.59 Å². The van der Waals surface area contributed by atoms with Crippen LogP contribution in [0.15, 0.2) is 29.2 Å². The first-order chi connectivity index (χ1) is 7.13. The summed E-state index contributed by atoms with van der Waals surface area (Å²) in [6.07, 6.45) is 1.87. The van der Waals surface area contributed by atoms with Crippen molar-refractivity contribution in [3.8, 4) is 0 Å². The number of thioether (sulfide) groups is 1. The molecule has 4 heteroatoms. The Labute approximate surface area is 93.3 Å². The summed E-state index contributed by atoms with van der Waals surface area (Å²) in [5.74, 6) is -0.391. The molecule has 0 aliphatic rings. The van der Waals surface area contributed by atoms with E-state index in [1.807, 2.05) is 30.5 Å². The minimum atomic E-state index is -0.260. The summed E-state index contributed by atoms with van der Waals surface area (Å²) in [5, 5.41) is 2.71. The molecule has 3 nitrogen and oxygen atoms in total. The van der Waals surface area contributed by atoms with Crippen molar-refractivity contribution in [3.05, 3.63) is 24.3 Å². The summed E-state index contributed by atoms with van der Waals surface area (Å²) in [5.41, 5.74) is 0.760. The summed E-state index contributed by atoms with van der Waals surface area (Å²) in [7, 11) is 0. The van der Waals surface area contributed by atoms with Crippen LogP contribution in [0, 0.1) is 0 Å². The average Bonchev–Trinajstić information content (AvgIpc) is 2.17. The van der Waals surface area contributed by atoms with Gasteiger partial charge in [-0.15, -0.1) is 11.8 Å². The van der Waals surface area contributed by atoms with Crippen LogP contribution in [0.1, 0.15) is 13.3 Å². The van der Waals surface area contributed by atoms with Crippen LogP contribution in [0.4, 0.5) is 5.69 Å². The summed E-state index contributed by atoms with van der Waals surface area (Å²) in [6, 6.07) is 7.51. The highest BCUT2D eigenvalue weighted by molar-refractivity contribution is 7.98. The normalized spacial score (nSPS) is 9.73. The predicted octanol–water partition coefficient (Wildman–Crippen LogP) is 2.33. The molecule has 1 aromatic carbocycles. The summed E-state index contributed by atoms with van der Waals surface area (Å²) in [6.45, 7) is 1.40. The van der Waals surface area contributed by atoms with E-state index >= 15 is 0 Å². The topological polar surface area (TPSA) is 46.2 Å². The van der Waals surface area contributed by atoms with E-state index in [0.717, 1.165) is 10.6 Å². The summed E-state index contributed by atoms with van der Waals surface area (Å²) >= 11 is 1.56. The quantitative estimate of drug-likeness (QED) is 0.629. The van der Waals surface area contributed by atoms with E-state index in [-0.39, 0.29) is 18.1 Å². The van der Waals surface area contributed by atoms with Crippen LogP contribution in [-0.4, -0.2) is 17.9 Å². The fourth-order valence-corrected chi connectivity index (χ4v) is 1.72. The van der Waals surface area contributed by atoms with Crippen LogP contribution in [0.2, 0.25) is 0 Å². The maximum absolute atomic E-state index is 11.3. The molecule has 1 aromatic rings. The number of hydrogen-bond acceptors (Lipinski definition) is 3. The van der Waals surface area contributed by atoms with Crippen molar-refractivity contribution in [2.24, 2.45) is 0 Å². The predicted molar refractivity (Wildman–Crippen MR) is 62.2 cm³/mol. The molecule has 0 radical (unpaired) electrons. The molecular weight excluding hydrogens is 210 g/mol. The van der Waals surface area contributed by atoms with Gasteiger partial charge in [0.1, 0.15) is 5.78 Å². The molecule has 0 unspecified atom stereocenters. The van der Waals surface area contributed by atoms with Crippen molar-refractivity contribution in [3.63, 3.8) is 0 Å². The van der Waals surface area contributed by atoms with E-state index in [1.54, 1.807) is 11.8 Å². The van der Waals surface area contributed by atoms with Crippen molar-refractivity contribution in [2.45, 2.75) is 18.2 Å². The number of Topliss-reactive ketones (excluding diaryl/α,β-unsaturated/α-hetero) is 1. The molecule has 0 aliphatic heterocycles. The molecule has 0 saturated heterocycles. The Hall–Kier alpha value is -1.29. The van der Waals surface area contributed by atoms with Crippen LogP contribution in [0.25, 0.3) is 0 Å². The van der Waals surface area contributed by atoms with Crippen molar-refractivity contribution >= 4 is 29.1 Å². The van der Waals surface area contributed by atoms with Crippen LogP contribution >= 0.6 is 11.8 Å². The van der Waals surface area contributed by atoms with E-state index in [2.05, 4.69) is 5.32 Å². The van der Waals surface area contributed by atoms with Crippen LogP contribution < -0.4 is 5.32 Å². The van der Waals surface area contributed by atoms with Crippen molar-refractivity contribution in [2.75, 3.05) is 11.6 Å². The minimum absolute atomic E-state index is 0.0668. The number of rotatable bonds is 4. The molecule has 0 aromatic heterocycles. The third-order valence-corrected chi connectivity index (χ3v) is 2.59. The van der Waals surface area contributed by atoms with Crippen molar-refractivity contribution in [1.29, 1.82) is 0 Å². The van der Waals surface area contributed by atoms with Gasteiger partial charge >= 0.3 is 0 Å². The van der Waals surface area contributed by atoms with E-state index in [9.17, 15) is 9.59 Å². The van der Waals surface area contributed by atoms with Gasteiger partial charge in [0.15, 0.2) is 0 Å². The Morgan fingerprint density at radius 1 is 1.33 bits per heavy atom. The molecule has 0 spiro atoms. The van der Waals surface area contributed by atoms with Crippen LogP contribution in [0.3, 0.4) is 0 Å². The van der Waals surface area contributed by atoms with Crippen LogP contribution in [0.5, 0.6) is 0 Å². The summed E-state index contributed by atoms with van der Waals surface area (Å²) in [4.78, 5) is 23.1. The Morgan fingerprint density at radius 2 is 2.00 bits per heavy atom. The zero-order valence-corrected chi connectivity index (χ0v) is 9.56. The lowest BCUT2D eigenvalue weighted by molar-refractivity contribution is -0.124. The number of nitrogens with one attached hydrogen (secondary N) is 1. The number of benzene rings is 1. The molecule has 1 rings (SSSR count). The Balaban J connectivity index is 2.71. The lowest BCUT2D eigenvalue weighted by atomic mass is 10.2. The molecule has 1 N–H and O–H groups in total. The highest BCUT2D eigenvalue weighted by Gasteiger charge is 2.07. The number of para-hydroxylation sites is 1. The highest BCUT2D eigenvalue weighted by atomic mass is 32.2. The number of anilines is 1. The molecular formula is C11H13NO2S. The maximum Gasteiger partial charge on any atom is 0.231 e. The Morgan fingerprint density at radius 3 is 2.60 bits per heavy atom. The number of carbonyl (C=O) groups is 2. The van der Waals surface area contributed by atoms with Gasteiger partial charge in [-0.3, -0.25) is 9.59 Å². The molecule has 0 saturated carbocycles. The third-order valence-electron chi connectivity index (χ3n) is 1.79. The number of amides is 1. The molecule has 80 valence electrons. The van der Waals surface area contributed by atoms with Gasteiger partial charge in [0.25, 0.3) is 0 Å². The second-order valence-corrected chi connectivity index (χ2v) is 3.98. The molecule has 0 fully saturated rings. The molecule has 0 atom stereocenters.